The van der Waals surface area contributed by atoms with Gasteiger partial charge in [0, 0.05) is 0 Å². The maximum absolute atomic E-state index is 11.7. The maximum Gasteiger partial charge on any atom is 0.236 e. The lowest BCUT2D eigenvalue weighted by atomic mass is 10.7. The van der Waals surface area contributed by atoms with Crippen molar-refractivity contribution in [1.82, 2.24) is 19.6 Å². The van der Waals surface area contributed by atoms with E-state index in [2.05, 4.69) is 24.9 Å². The second-order valence-corrected chi connectivity index (χ2v) is 7.74. The van der Waals surface area contributed by atoms with Gasteiger partial charge in [-0.25, -0.2) is 4.98 Å². The van der Waals surface area contributed by atoms with Gasteiger partial charge < -0.3 is 0 Å². The Morgan fingerprint density at radius 2 is 2.11 bits per heavy atom. The molecule has 0 radical (unpaired) electrons. The van der Waals surface area contributed by atoms with Crippen LogP contribution in [0, 0.1) is 0 Å². The molecule has 0 fully saturated rings. The molecule has 0 atom stereocenters. The Labute approximate surface area is 130 Å². The third-order valence-corrected chi connectivity index (χ3v) is 6.04. The fraction of sp³-hybridized carbons (Fsp3) is 0.375. The van der Waals surface area contributed by atoms with Crippen molar-refractivity contribution in [2.24, 2.45) is 0 Å². The molecule has 0 saturated heterocycles. The highest BCUT2D eigenvalue weighted by Gasteiger charge is 2.10. The first-order chi connectivity index (χ1) is 9.21. The largest absolute Gasteiger partial charge is 0.300 e. The molecule has 0 aliphatic heterocycles. The van der Waals surface area contributed by atoms with Crippen LogP contribution < -0.4 is 5.32 Å². The van der Waals surface area contributed by atoms with Gasteiger partial charge in [0.15, 0.2) is 8.68 Å². The van der Waals surface area contributed by atoms with Gasteiger partial charge in [-0.2, -0.15) is 4.37 Å². The normalized spacial score (nSPS) is 10.6. The number of rotatable bonds is 6. The van der Waals surface area contributed by atoms with Gasteiger partial charge in [0.25, 0.3) is 0 Å². The van der Waals surface area contributed by atoms with Crippen LogP contribution in [0.4, 0.5) is 5.13 Å². The first kappa shape index (κ1) is 15.0. The minimum absolute atomic E-state index is 0.116. The van der Waals surface area contributed by atoms with E-state index in [9.17, 15) is 4.79 Å². The minimum atomic E-state index is -0.116. The standard InChI is InChI=1S/C8H9N5OS5/c1-15-6-10-7(19-13-6)17-3-4(14)9-5-11-12-8(16-2)18-5/h3H2,1-2H3,(H,9,11,14). The van der Waals surface area contributed by atoms with Crippen molar-refractivity contribution in [2.45, 2.75) is 13.8 Å². The number of hydrogen-bond acceptors (Lipinski definition) is 10. The van der Waals surface area contributed by atoms with Crippen LogP contribution in [0.5, 0.6) is 0 Å². The van der Waals surface area contributed by atoms with E-state index in [1.54, 1.807) is 0 Å². The van der Waals surface area contributed by atoms with Gasteiger partial charge in [0.05, 0.1) is 5.75 Å². The molecule has 1 N–H and O–H groups in total. The number of anilines is 1. The van der Waals surface area contributed by atoms with E-state index in [0.717, 1.165) is 13.8 Å². The Morgan fingerprint density at radius 3 is 2.74 bits per heavy atom. The lowest BCUT2D eigenvalue weighted by molar-refractivity contribution is -0.113. The van der Waals surface area contributed by atoms with Crippen LogP contribution in [-0.4, -0.2) is 43.7 Å². The molecular formula is C8H9N5OS5. The van der Waals surface area contributed by atoms with Gasteiger partial charge in [0.2, 0.25) is 16.2 Å². The summed E-state index contributed by atoms with van der Waals surface area (Å²) < 4.78 is 5.75. The van der Waals surface area contributed by atoms with E-state index in [1.807, 2.05) is 12.5 Å². The summed E-state index contributed by atoms with van der Waals surface area (Å²) in [5, 5.41) is 11.8. The van der Waals surface area contributed by atoms with Crippen LogP contribution in [0.2, 0.25) is 0 Å². The van der Waals surface area contributed by atoms with Crippen molar-refractivity contribution in [3.8, 4) is 0 Å². The summed E-state index contributed by atoms with van der Waals surface area (Å²) in [7, 11) is 0. The number of carbonyl (C=O) groups is 1. The van der Waals surface area contributed by atoms with E-state index < -0.39 is 0 Å². The summed E-state index contributed by atoms with van der Waals surface area (Å²) in [6.45, 7) is 0. The van der Waals surface area contributed by atoms with Crippen LogP contribution in [0.1, 0.15) is 0 Å². The highest BCUT2D eigenvalue weighted by Crippen LogP contribution is 2.25. The number of thioether (sulfide) groups is 3. The van der Waals surface area contributed by atoms with E-state index in [0.29, 0.717) is 5.13 Å². The maximum atomic E-state index is 11.7. The Kier molecular flexibility index (Phi) is 5.88. The molecule has 0 spiro atoms. The number of carbonyl (C=O) groups excluding carboxylic acids is 1. The van der Waals surface area contributed by atoms with E-state index in [-0.39, 0.29) is 11.7 Å². The van der Waals surface area contributed by atoms with Crippen LogP contribution >= 0.6 is 58.2 Å². The summed E-state index contributed by atoms with van der Waals surface area (Å²) in [5.41, 5.74) is 0. The van der Waals surface area contributed by atoms with E-state index in [1.165, 1.54) is 58.2 Å². The fourth-order valence-corrected chi connectivity index (χ4v) is 4.16. The number of nitrogens with zero attached hydrogens (tertiary/aromatic N) is 4. The third-order valence-electron chi connectivity index (χ3n) is 1.73. The Hall–Kier alpha value is -0.360. The van der Waals surface area contributed by atoms with Crippen LogP contribution in [0.15, 0.2) is 13.8 Å². The summed E-state index contributed by atoms with van der Waals surface area (Å²) in [5.74, 6) is 0.173. The number of hydrogen-bond donors (Lipinski definition) is 1. The molecule has 0 bridgehead atoms. The second-order valence-electron chi connectivity index (χ2n) is 2.96. The Balaban J connectivity index is 1.81. The summed E-state index contributed by atoms with van der Waals surface area (Å²) in [4.78, 5) is 16.0. The molecule has 2 aromatic rings. The monoisotopic (exact) mass is 351 g/mol. The first-order valence-corrected chi connectivity index (χ1v) is 9.91. The van der Waals surface area contributed by atoms with Gasteiger partial charge in [-0.3, -0.25) is 10.1 Å². The molecule has 11 heteroatoms. The van der Waals surface area contributed by atoms with Gasteiger partial charge in [0.1, 0.15) is 0 Å². The lowest BCUT2D eigenvalue weighted by Gasteiger charge is -1.98. The smallest absolute Gasteiger partial charge is 0.236 e. The molecule has 6 nitrogen and oxygen atoms in total. The predicted molar refractivity (Wildman–Crippen MR) is 82.7 cm³/mol. The minimum Gasteiger partial charge on any atom is -0.300 e. The van der Waals surface area contributed by atoms with Gasteiger partial charge >= 0.3 is 0 Å². The van der Waals surface area contributed by atoms with Gasteiger partial charge in [-0.1, -0.05) is 46.6 Å². The fourth-order valence-electron chi connectivity index (χ4n) is 0.964. The van der Waals surface area contributed by atoms with Gasteiger partial charge in [-0.15, -0.1) is 10.2 Å². The number of amides is 1. The second kappa shape index (κ2) is 7.43. The van der Waals surface area contributed by atoms with Crippen molar-refractivity contribution in [3.63, 3.8) is 0 Å². The van der Waals surface area contributed by atoms with Gasteiger partial charge in [-0.05, 0) is 24.0 Å². The van der Waals surface area contributed by atoms with Crippen molar-refractivity contribution < 1.29 is 4.79 Å². The number of nitrogens with one attached hydrogen (secondary N) is 1. The molecule has 2 heterocycles. The zero-order chi connectivity index (χ0) is 13.7. The number of aromatic nitrogens is 4. The molecule has 0 aliphatic rings. The average molecular weight is 352 g/mol. The SMILES string of the molecule is CSc1nsc(SCC(=O)Nc2nnc(SC)s2)n1. The molecule has 0 unspecified atom stereocenters. The average Bonchev–Trinajstić information content (AvgIpc) is 3.04. The lowest BCUT2D eigenvalue weighted by Crippen LogP contribution is -2.13. The zero-order valence-electron chi connectivity index (χ0n) is 9.95. The van der Waals surface area contributed by atoms with Crippen LogP contribution in [-0.2, 0) is 4.79 Å². The molecule has 1 amide bonds. The predicted octanol–water partition coefficient (Wildman–Crippen LogP) is 2.56. The molecule has 2 aromatic heterocycles. The molecule has 0 aromatic carbocycles. The van der Waals surface area contributed by atoms with Crippen molar-refractivity contribution >= 4 is 69.2 Å². The molecule has 102 valence electrons. The summed E-state index contributed by atoms with van der Waals surface area (Å²) in [6.07, 6.45) is 3.84. The Bertz CT molecular complexity index is 555. The highest BCUT2D eigenvalue weighted by molar-refractivity contribution is 8.01. The summed E-state index contributed by atoms with van der Waals surface area (Å²) in [6, 6.07) is 0. The topological polar surface area (TPSA) is 80.7 Å². The van der Waals surface area contributed by atoms with E-state index in [4.69, 9.17) is 0 Å². The Morgan fingerprint density at radius 1 is 1.26 bits per heavy atom. The van der Waals surface area contributed by atoms with Crippen molar-refractivity contribution in [2.75, 3.05) is 23.6 Å². The first-order valence-electron chi connectivity index (χ1n) is 4.89. The zero-order valence-corrected chi connectivity index (χ0v) is 14.0. The molecular weight excluding hydrogens is 342 g/mol. The third kappa shape index (κ3) is 4.60. The highest BCUT2D eigenvalue weighted by atomic mass is 32.2. The molecule has 2 rings (SSSR count). The molecule has 19 heavy (non-hydrogen) atoms. The van der Waals surface area contributed by atoms with E-state index >= 15 is 0 Å². The molecule has 0 saturated carbocycles. The molecule has 0 aliphatic carbocycles. The van der Waals surface area contributed by atoms with Crippen molar-refractivity contribution in [3.05, 3.63) is 0 Å². The van der Waals surface area contributed by atoms with Crippen LogP contribution in [0.25, 0.3) is 0 Å². The quantitative estimate of drug-likeness (QED) is 0.628. The van der Waals surface area contributed by atoms with Crippen LogP contribution in [0.3, 0.4) is 0 Å². The van der Waals surface area contributed by atoms with Crippen molar-refractivity contribution in [1.29, 1.82) is 0 Å². The summed E-state index contributed by atoms with van der Waals surface area (Å²) >= 11 is 7.02.